The minimum absolute atomic E-state index is 0.0920. The fraction of sp³-hybridized carbons (Fsp3) is 0.917. The summed E-state index contributed by atoms with van der Waals surface area (Å²) in [6.45, 7) is 3.65. The molecule has 1 aliphatic rings. The van der Waals surface area contributed by atoms with Gasteiger partial charge in [0.15, 0.2) is 0 Å². The molecule has 0 aromatic carbocycles. The molecule has 1 fully saturated rings. The molecule has 5 heteroatoms. The quantitative estimate of drug-likeness (QED) is 0.614. The normalized spacial score (nSPS) is 21.6. The molecule has 1 heterocycles. The highest BCUT2D eigenvalue weighted by Crippen LogP contribution is 2.13. The number of aliphatic carboxylic acids is 1. The van der Waals surface area contributed by atoms with E-state index >= 15 is 0 Å². The second-order valence-electron chi connectivity index (χ2n) is 4.62. The molecule has 0 amide bonds. The average Bonchev–Trinajstić information content (AvgIpc) is 2.33. The van der Waals surface area contributed by atoms with E-state index in [1.807, 2.05) is 0 Å². The molecule has 1 atom stereocenters. The number of unbranched alkanes of at least 4 members (excludes halogenated alkanes) is 2. The van der Waals surface area contributed by atoms with Gasteiger partial charge in [0, 0.05) is 6.54 Å². The van der Waals surface area contributed by atoms with E-state index in [0.717, 1.165) is 45.4 Å². The van der Waals surface area contributed by atoms with Gasteiger partial charge in [-0.05, 0) is 45.3 Å². The summed E-state index contributed by atoms with van der Waals surface area (Å²) in [7, 11) is 0. The maximum atomic E-state index is 10.4. The Kier molecular flexibility index (Phi) is 7.16. The Morgan fingerprint density at radius 2 is 2.24 bits per heavy atom. The number of ether oxygens (including phenoxy) is 1. The van der Waals surface area contributed by atoms with Crippen LogP contribution in [0.1, 0.15) is 32.1 Å². The number of carboxylic acid groups (broad SMARTS) is 1. The van der Waals surface area contributed by atoms with Crippen molar-refractivity contribution >= 4 is 5.97 Å². The highest BCUT2D eigenvalue weighted by Gasteiger charge is 2.20. The summed E-state index contributed by atoms with van der Waals surface area (Å²) in [5.74, 6) is -0.884. The molecule has 0 spiro atoms. The van der Waals surface area contributed by atoms with E-state index in [4.69, 9.17) is 15.6 Å². The summed E-state index contributed by atoms with van der Waals surface area (Å²) < 4.78 is 5.34. The average molecular weight is 244 g/mol. The minimum Gasteiger partial charge on any atom is -0.480 e. The summed E-state index contributed by atoms with van der Waals surface area (Å²) in [6, 6.07) is 0. The topological polar surface area (TPSA) is 75.8 Å². The molecule has 1 aliphatic heterocycles. The Labute approximate surface area is 103 Å². The van der Waals surface area contributed by atoms with Crippen LogP contribution in [0.5, 0.6) is 0 Å². The molecule has 5 nitrogen and oxygen atoms in total. The van der Waals surface area contributed by atoms with Gasteiger partial charge in [0.25, 0.3) is 0 Å². The first kappa shape index (κ1) is 14.4. The number of hydrogen-bond donors (Lipinski definition) is 2. The van der Waals surface area contributed by atoms with Crippen molar-refractivity contribution in [3.05, 3.63) is 0 Å². The van der Waals surface area contributed by atoms with Crippen molar-refractivity contribution in [2.24, 2.45) is 5.73 Å². The van der Waals surface area contributed by atoms with Crippen molar-refractivity contribution in [3.8, 4) is 0 Å². The molecular weight excluding hydrogens is 220 g/mol. The summed E-state index contributed by atoms with van der Waals surface area (Å²) in [4.78, 5) is 12.8. The zero-order chi connectivity index (χ0) is 12.5. The number of carboxylic acids is 1. The third kappa shape index (κ3) is 6.61. The second-order valence-corrected chi connectivity index (χ2v) is 4.62. The van der Waals surface area contributed by atoms with Crippen LogP contribution >= 0.6 is 0 Å². The van der Waals surface area contributed by atoms with Crippen LogP contribution in [0.4, 0.5) is 0 Å². The molecular formula is C12H24N2O3. The number of carbonyl (C=O) groups is 1. The van der Waals surface area contributed by atoms with E-state index in [1.165, 1.54) is 12.8 Å². The molecule has 100 valence electrons. The van der Waals surface area contributed by atoms with Crippen LogP contribution in [0.3, 0.4) is 0 Å². The van der Waals surface area contributed by atoms with Gasteiger partial charge >= 0.3 is 5.97 Å². The highest BCUT2D eigenvalue weighted by atomic mass is 16.5. The van der Waals surface area contributed by atoms with Crippen molar-refractivity contribution in [2.45, 2.75) is 38.2 Å². The van der Waals surface area contributed by atoms with E-state index in [0.29, 0.717) is 0 Å². The molecule has 0 aliphatic carbocycles. The Bertz CT molecular complexity index is 224. The zero-order valence-corrected chi connectivity index (χ0v) is 10.4. The molecule has 17 heavy (non-hydrogen) atoms. The summed E-state index contributed by atoms with van der Waals surface area (Å²) in [5.41, 5.74) is 5.45. The lowest BCUT2D eigenvalue weighted by Gasteiger charge is -2.32. The fourth-order valence-corrected chi connectivity index (χ4v) is 2.20. The van der Waals surface area contributed by atoms with Crippen LogP contribution < -0.4 is 5.73 Å². The Morgan fingerprint density at radius 1 is 1.41 bits per heavy atom. The third-order valence-corrected chi connectivity index (χ3v) is 3.08. The SMILES string of the molecule is NCCCCCN1CCCC(OCC(=O)O)C1. The van der Waals surface area contributed by atoms with Gasteiger partial charge in [0.05, 0.1) is 6.10 Å². The third-order valence-electron chi connectivity index (χ3n) is 3.08. The largest absolute Gasteiger partial charge is 0.480 e. The predicted molar refractivity (Wildman–Crippen MR) is 66.0 cm³/mol. The molecule has 0 aromatic heterocycles. The Balaban J connectivity index is 2.12. The lowest BCUT2D eigenvalue weighted by Crippen LogP contribution is -2.40. The van der Waals surface area contributed by atoms with Crippen LogP contribution in [0.2, 0.25) is 0 Å². The number of rotatable bonds is 8. The smallest absolute Gasteiger partial charge is 0.329 e. The van der Waals surface area contributed by atoms with E-state index in [-0.39, 0.29) is 12.7 Å². The monoisotopic (exact) mass is 244 g/mol. The fourth-order valence-electron chi connectivity index (χ4n) is 2.20. The summed E-state index contributed by atoms with van der Waals surface area (Å²) in [5, 5.41) is 8.56. The second kappa shape index (κ2) is 8.44. The molecule has 0 bridgehead atoms. The number of likely N-dealkylation sites (tertiary alicyclic amines) is 1. The van der Waals surface area contributed by atoms with E-state index in [2.05, 4.69) is 4.90 Å². The van der Waals surface area contributed by atoms with Crippen LogP contribution in [-0.4, -0.2) is 54.9 Å². The molecule has 1 saturated heterocycles. The van der Waals surface area contributed by atoms with Gasteiger partial charge in [-0.3, -0.25) is 0 Å². The maximum Gasteiger partial charge on any atom is 0.329 e. The molecule has 0 saturated carbocycles. The Morgan fingerprint density at radius 3 is 2.94 bits per heavy atom. The van der Waals surface area contributed by atoms with Crippen molar-refractivity contribution in [2.75, 3.05) is 32.8 Å². The van der Waals surface area contributed by atoms with Crippen molar-refractivity contribution in [1.82, 2.24) is 4.90 Å². The first-order chi connectivity index (χ1) is 8.22. The van der Waals surface area contributed by atoms with E-state index < -0.39 is 5.97 Å². The lowest BCUT2D eigenvalue weighted by molar-refractivity contribution is -0.145. The van der Waals surface area contributed by atoms with Crippen molar-refractivity contribution in [3.63, 3.8) is 0 Å². The predicted octanol–water partition coefficient (Wildman–Crippen LogP) is 0.681. The van der Waals surface area contributed by atoms with Crippen LogP contribution in [0.15, 0.2) is 0 Å². The first-order valence-corrected chi connectivity index (χ1v) is 6.48. The first-order valence-electron chi connectivity index (χ1n) is 6.48. The van der Waals surface area contributed by atoms with Gasteiger partial charge in [-0.2, -0.15) is 0 Å². The molecule has 0 aromatic rings. The van der Waals surface area contributed by atoms with Gasteiger partial charge in [-0.1, -0.05) is 6.42 Å². The van der Waals surface area contributed by atoms with Crippen LogP contribution in [0.25, 0.3) is 0 Å². The number of piperidine rings is 1. The standard InChI is InChI=1S/C12H24N2O3/c13-6-2-1-3-7-14-8-4-5-11(9-14)17-10-12(15)16/h11H,1-10,13H2,(H,15,16). The Hall–Kier alpha value is -0.650. The summed E-state index contributed by atoms with van der Waals surface area (Å²) >= 11 is 0. The van der Waals surface area contributed by atoms with Gasteiger partial charge in [-0.15, -0.1) is 0 Å². The van der Waals surface area contributed by atoms with E-state index in [9.17, 15) is 4.79 Å². The highest BCUT2D eigenvalue weighted by molar-refractivity contribution is 5.68. The minimum atomic E-state index is -0.884. The molecule has 3 N–H and O–H groups in total. The van der Waals surface area contributed by atoms with Gasteiger partial charge in [0.1, 0.15) is 6.61 Å². The number of nitrogens with two attached hydrogens (primary N) is 1. The van der Waals surface area contributed by atoms with Crippen molar-refractivity contribution in [1.29, 1.82) is 0 Å². The van der Waals surface area contributed by atoms with Crippen LogP contribution in [-0.2, 0) is 9.53 Å². The zero-order valence-electron chi connectivity index (χ0n) is 10.4. The molecule has 0 radical (unpaired) electrons. The molecule has 1 unspecified atom stereocenters. The van der Waals surface area contributed by atoms with Crippen LogP contribution in [0, 0.1) is 0 Å². The summed E-state index contributed by atoms with van der Waals surface area (Å²) in [6.07, 6.45) is 5.60. The number of nitrogens with zero attached hydrogens (tertiary/aromatic N) is 1. The van der Waals surface area contributed by atoms with Gasteiger partial charge < -0.3 is 20.5 Å². The van der Waals surface area contributed by atoms with Crippen molar-refractivity contribution < 1.29 is 14.6 Å². The lowest BCUT2D eigenvalue weighted by atomic mass is 10.1. The van der Waals surface area contributed by atoms with Gasteiger partial charge in [-0.25, -0.2) is 4.79 Å². The maximum absolute atomic E-state index is 10.4. The number of hydrogen-bond acceptors (Lipinski definition) is 4. The molecule has 1 rings (SSSR count). The van der Waals surface area contributed by atoms with E-state index in [1.54, 1.807) is 0 Å². The van der Waals surface area contributed by atoms with Gasteiger partial charge in [0.2, 0.25) is 0 Å².